The molecule has 2 unspecified atom stereocenters. The van der Waals surface area contributed by atoms with E-state index in [1.54, 1.807) is 0 Å². The van der Waals surface area contributed by atoms with E-state index in [0.29, 0.717) is 0 Å². The maximum Gasteiger partial charge on any atom is 0.119 e. The summed E-state index contributed by atoms with van der Waals surface area (Å²) in [5, 5.41) is 3.54. The topological polar surface area (TPSA) is 21.3 Å². The molecule has 0 amide bonds. The van der Waals surface area contributed by atoms with Crippen LogP contribution in [0.25, 0.3) is 0 Å². The number of hydrogen-bond donors (Lipinski definition) is 1. The van der Waals surface area contributed by atoms with Gasteiger partial charge in [-0.2, -0.15) is 0 Å². The molecule has 0 aromatic heterocycles. The Morgan fingerprint density at radius 1 is 1.42 bits per heavy atom. The average Bonchev–Trinajstić information content (AvgIpc) is 2.05. The van der Waals surface area contributed by atoms with Gasteiger partial charge in [0.15, 0.2) is 0 Å². The molecule has 0 aromatic rings. The summed E-state index contributed by atoms with van der Waals surface area (Å²) in [6.45, 7) is 4.44. The Balaban J connectivity index is 1.97. The second-order valence-corrected chi connectivity index (χ2v) is 4.32. The highest BCUT2D eigenvalue weighted by atomic mass is 16.5. The van der Waals surface area contributed by atoms with E-state index >= 15 is 0 Å². The van der Waals surface area contributed by atoms with Gasteiger partial charge in [-0.25, -0.2) is 0 Å². The summed E-state index contributed by atoms with van der Waals surface area (Å²) in [6, 6.07) is 0. The highest BCUT2D eigenvalue weighted by Crippen LogP contribution is 2.34. The van der Waals surface area contributed by atoms with Crippen LogP contribution >= 0.6 is 0 Å². The molecule has 2 aliphatic rings. The molecule has 0 aromatic carbocycles. The minimum atomic E-state index is 0.0793. The smallest absolute Gasteiger partial charge is 0.119 e. The van der Waals surface area contributed by atoms with Gasteiger partial charge in [-0.1, -0.05) is 13.3 Å². The fourth-order valence-corrected chi connectivity index (χ4v) is 2.50. The van der Waals surface area contributed by atoms with E-state index in [2.05, 4.69) is 12.2 Å². The Labute approximate surface area is 74.7 Å². The summed E-state index contributed by atoms with van der Waals surface area (Å²) in [4.78, 5) is 0. The number of nitrogens with one attached hydrogen (secondary N) is 1. The lowest BCUT2D eigenvalue weighted by molar-refractivity contribution is -0.125. The van der Waals surface area contributed by atoms with Crippen molar-refractivity contribution >= 4 is 0 Å². The quantitative estimate of drug-likeness (QED) is 0.598. The van der Waals surface area contributed by atoms with Crippen LogP contribution in [-0.2, 0) is 4.74 Å². The van der Waals surface area contributed by atoms with Gasteiger partial charge in [-0.05, 0) is 38.1 Å². The van der Waals surface area contributed by atoms with E-state index in [9.17, 15) is 0 Å². The molecule has 1 N–H and O–H groups in total. The molecule has 1 spiro atoms. The SMILES string of the molecule is CC1CCCC2(C1)NCCCO2. The molecule has 2 heteroatoms. The molecule has 2 rings (SSSR count). The van der Waals surface area contributed by atoms with Crippen LogP contribution in [-0.4, -0.2) is 18.9 Å². The summed E-state index contributed by atoms with van der Waals surface area (Å²) < 4.78 is 5.87. The monoisotopic (exact) mass is 169 g/mol. The predicted octanol–water partition coefficient (Wildman–Crippen LogP) is 1.90. The van der Waals surface area contributed by atoms with Crippen LogP contribution in [0.15, 0.2) is 0 Å². The molecule has 70 valence electrons. The van der Waals surface area contributed by atoms with Gasteiger partial charge in [0.2, 0.25) is 0 Å². The largest absolute Gasteiger partial charge is 0.361 e. The van der Waals surface area contributed by atoms with Gasteiger partial charge in [0.05, 0.1) is 6.61 Å². The lowest BCUT2D eigenvalue weighted by atomic mass is 9.83. The molecular formula is C10H19NO. The molecule has 2 atom stereocenters. The molecule has 1 aliphatic carbocycles. The zero-order valence-corrected chi connectivity index (χ0v) is 7.94. The molecular weight excluding hydrogens is 150 g/mol. The van der Waals surface area contributed by atoms with Crippen LogP contribution in [0.5, 0.6) is 0 Å². The van der Waals surface area contributed by atoms with Crippen molar-refractivity contribution in [1.82, 2.24) is 5.32 Å². The van der Waals surface area contributed by atoms with Gasteiger partial charge in [0.25, 0.3) is 0 Å². The van der Waals surface area contributed by atoms with Crippen molar-refractivity contribution in [3.8, 4) is 0 Å². The summed E-state index contributed by atoms with van der Waals surface area (Å²) in [5.41, 5.74) is 0.0793. The van der Waals surface area contributed by atoms with E-state index in [-0.39, 0.29) is 5.72 Å². The summed E-state index contributed by atoms with van der Waals surface area (Å²) in [5.74, 6) is 0.837. The molecule has 1 saturated heterocycles. The second-order valence-electron chi connectivity index (χ2n) is 4.32. The van der Waals surface area contributed by atoms with Crippen LogP contribution in [0.2, 0.25) is 0 Å². The minimum Gasteiger partial charge on any atom is -0.361 e. The number of ether oxygens (including phenoxy) is 1. The average molecular weight is 169 g/mol. The Morgan fingerprint density at radius 2 is 2.33 bits per heavy atom. The van der Waals surface area contributed by atoms with Crippen molar-refractivity contribution in [2.75, 3.05) is 13.2 Å². The van der Waals surface area contributed by atoms with Gasteiger partial charge < -0.3 is 4.74 Å². The lowest BCUT2D eigenvalue weighted by Crippen LogP contribution is -2.54. The van der Waals surface area contributed by atoms with Crippen molar-refractivity contribution in [3.05, 3.63) is 0 Å². The summed E-state index contributed by atoms with van der Waals surface area (Å²) in [6.07, 6.45) is 6.32. The first-order valence-corrected chi connectivity index (χ1v) is 5.20. The van der Waals surface area contributed by atoms with Crippen LogP contribution < -0.4 is 5.32 Å². The normalized spacial score (nSPS) is 43.2. The van der Waals surface area contributed by atoms with Gasteiger partial charge in [-0.15, -0.1) is 0 Å². The second kappa shape index (κ2) is 3.35. The van der Waals surface area contributed by atoms with Gasteiger partial charge in [-0.3, -0.25) is 5.32 Å². The highest BCUT2D eigenvalue weighted by molar-refractivity contribution is 4.86. The first-order valence-electron chi connectivity index (χ1n) is 5.20. The third kappa shape index (κ3) is 1.64. The lowest BCUT2D eigenvalue weighted by Gasteiger charge is -2.43. The molecule has 12 heavy (non-hydrogen) atoms. The maximum absolute atomic E-state index is 5.87. The van der Waals surface area contributed by atoms with E-state index in [4.69, 9.17) is 4.74 Å². The van der Waals surface area contributed by atoms with E-state index in [1.807, 2.05) is 0 Å². The Morgan fingerprint density at radius 3 is 3.00 bits per heavy atom. The fourth-order valence-electron chi connectivity index (χ4n) is 2.50. The third-order valence-electron chi connectivity index (χ3n) is 3.10. The van der Waals surface area contributed by atoms with Crippen LogP contribution in [0.1, 0.15) is 39.0 Å². The molecule has 0 radical (unpaired) electrons. The summed E-state index contributed by atoms with van der Waals surface area (Å²) >= 11 is 0. The standard InChI is InChI=1S/C10H19NO/c1-9-4-2-5-10(8-9)11-6-3-7-12-10/h9,11H,2-8H2,1H3. The van der Waals surface area contributed by atoms with E-state index in [0.717, 1.165) is 19.1 Å². The zero-order valence-electron chi connectivity index (χ0n) is 7.94. The van der Waals surface area contributed by atoms with Crippen molar-refractivity contribution in [2.24, 2.45) is 5.92 Å². The highest BCUT2D eigenvalue weighted by Gasteiger charge is 2.36. The molecule has 0 bridgehead atoms. The molecule has 1 aliphatic heterocycles. The van der Waals surface area contributed by atoms with Gasteiger partial charge in [0.1, 0.15) is 5.72 Å². The van der Waals surface area contributed by atoms with E-state index < -0.39 is 0 Å². The number of rotatable bonds is 0. The fraction of sp³-hybridized carbons (Fsp3) is 1.00. The van der Waals surface area contributed by atoms with Crippen molar-refractivity contribution in [3.63, 3.8) is 0 Å². The van der Waals surface area contributed by atoms with Gasteiger partial charge >= 0.3 is 0 Å². The van der Waals surface area contributed by atoms with Crippen molar-refractivity contribution in [1.29, 1.82) is 0 Å². The van der Waals surface area contributed by atoms with Crippen molar-refractivity contribution < 1.29 is 4.74 Å². The van der Waals surface area contributed by atoms with Crippen molar-refractivity contribution in [2.45, 2.75) is 44.8 Å². The van der Waals surface area contributed by atoms with Crippen LogP contribution in [0.3, 0.4) is 0 Å². The molecule has 2 fully saturated rings. The van der Waals surface area contributed by atoms with Crippen LogP contribution in [0.4, 0.5) is 0 Å². The molecule has 2 nitrogen and oxygen atoms in total. The molecule has 1 heterocycles. The first-order chi connectivity index (χ1) is 5.81. The Bertz CT molecular complexity index is 146. The maximum atomic E-state index is 5.87. The van der Waals surface area contributed by atoms with E-state index in [1.165, 1.54) is 32.1 Å². The van der Waals surface area contributed by atoms with Crippen LogP contribution in [0, 0.1) is 5.92 Å². The third-order valence-corrected chi connectivity index (χ3v) is 3.10. The zero-order chi connectivity index (χ0) is 8.44. The Kier molecular flexibility index (Phi) is 2.37. The minimum absolute atomic E-state index is 0.0793. The summed E-state index contributed by atoms with van der Waals surface area (Å²) in [7, 11) is 0. The first kappa shape index (κ1) is 8.52. The Hall–Kier alpha value is -0.0800. The molecule has 1 saturated carbocycles. The predicted molar refractivity (Wildman–Crippen MR) is 48.9 cm³/mol. The van der Waals surface area contributed by atoms with Gasteiger partial charge in [0, 0.05) is 0 Å². The number of hydrogen-bond acceptors (Lipinski definition) is 2.